The summed E-state index contributed by atoms with van der Waals surface area (Å²) in [4.78, 5) is 16.0. The van der Waals surface area contributed by atoms with E-state index >= 15 is 0 Å². The second-order valence-electron chi connectivity index (χ2n) is 6.67. The van der Waals surface area contributed by atoms with E-state index in [9.17, 15) is 36.2 Å². The molecule has 3 N–H and O–H groups in total. The number of aliphatic hydroxyl groups is 1. The quantitative estimate of drug-likeness (QED) is 0.608. The van der Waals surface area contributed by atoms with Crippen LogP contribution in [-0.2, 0) is 17.6 Å². The van der Waals surface area contributed by atoms with Crippen molar-refractivity contribution < 1.29 is 41.1 Å². The highest BCUT2D eigenvalue weighted by Gasteiger charge is 2.60. The number of halogens is 6. The van der Waals surface area contributed by atoms with Crippen LogP contribution in [0.25, 0.3) is 0 Å². The van der Waals surface area contributed by atoms with Gasteiger partial charge in [-0.15, -0.1) is 0 Å². The lowest BCUT2D eigenvalue weighted by molar-refractivity contribution is -0.355. The summed E-state index contributed by atoms with van der Waals surface area (Å²) in [6.07, 6.45) is -10.3. The normalized spacial score (nSPS) is 18.9. The molecule has 2 amide bonds. The van der Waals surface area contributed by atoms with Crippen molar-refractivity contribution in [3.05, 3.63) is 65.2 Å². The van der Waals surface area contributed by atoms with Crippen molar-refractivity contribution in [2.75, 3.05) is 5.32 Å². The van der Waals surface area contributed by atoms with E-state index in [1.807, 2.05) is 0 Å². The zero-order chi connectivity index (χ0) is 22.9. The predicted octanol–water partition coefficient (Wildman–Crippen LogP) is 4.40. The molecule has 1 aliphatic heterocycles. The second-order valence-corrected chi connectivity index (χ2v) is 6.67. The van der Waals surface area contributed by atoms with Crippen molar-refractivity contribution in [2.45, 2.75) is 31.1 Å². The lowest BCUT2D eigenvalue weighted by Crippen LogP contribution is -2.45. The number of benzene rings is 2. The van der Waals surface area contributed by atoms with Gasteiger partial charge in [-0.2, -0.15) is 26.3 Å². The van der Waals surface area contributed by atoms with Gasteiger partial charge in [0, 0.05) is 12.2 Å². The molecular weight excluding hydrogens is 432 g/mol. The summed E-state index contributed by atoms with van der Waals surface area (Å²) < 4.78 is 75.9. The number of anilines is 1. The number of nitrogens with zero attached hydrogens (tertiary/aromatic N) is 1. The molecular formula is C19H15F6N3O3. The highest BCUT2D eigenvalue weighted by molar-refractivity contribution is 6.01. The van der Waals surface area contributed by atoms with Crippen LogP contribution in [0.15, 0.2) is 53.7 Å². The van der Waals surface area contributed by atoms with E-state index < -0.39 is 36.2 Å². The predicted molar refractivity (Wildman–Crippen MR) is 97.0 cm³/mol. The van der Waals surface area contributed by atoms with Gasteiger partial charge in [0.15, 0.2) is 0 Å². The second kappa shape index (κ2) is 8.10. The fourth-order valence-electron chi connectivity index (χ4n) is 2.64. The standard InChI is InChI=1S/C19H15F6N3O3/c20-18(21,22)13-5-7-14(8-6-13)27-16(29)26-10-11-1-3-12(4-2-11)15-9-17(30,31-28-15)19(23,24)25/h1-8,30H,9-10H2,(H2,26,27,29). The van der Waals surface area contributed by atoms with Crippen LogP contribution in [0.3, 0.4) is 0 Å². The molecule has 31 heavy (non-hydrogen) atoms. The molecule has 0 saturated heterocycles. The Bertz CT molecular complexity index is 971. The van der Waals surface area contributed by atoms with Crippen LogP contribution in [0.4, 0.5) is 36.8 Å². The third-order valence-corrected chi connectivity index (χ3v) is 4.37. The van der Waals surface area contributed by atoms with Crippen molar-refractivity contribution in [2.24, 2.45) is 5.16 Å². The minimum atomic E-state index is -5.00. The molecule has 166 valence electrons. The minimum Gasteiger partial charge on any atom is -0.350 e. The summed E-state index contributed by atoms with van der Waals surface area (Å²) >= 11 is 0. The van der Waals surface area contributed by atoms with Gasteiger partial charge in [-0.05, 0) is 35.4 Å². The third kappa shape index (κ3) is 5.26. The van der Waals surface area contributed by atoms with Gasteiger partial charge in [0.25, 0.3) is 0 Å². The van der Waals surface area contributed by atoms with Gasteiger partial charge in [0.05, 0.1) is 17.7 Å². The van der Waals surface area contributed by atoms with E-state index in [-0.39, 0.29) is 17.9 Å². The van der Waals surface area contributed by atoms with E-state index in [0.717, 1.165) is 24.3 Å². The summed E-state index contributed by atoms with van der Waals surface area (Å²) in [5.41, 5.74) is 0.135. The maximum atomic E-state index is 12.8. The molecule has 0 saturated carbocycles. The van der Waals surface area contributed by atoms with Gasteiger partial charge < -0.3 is 20.6 Å². The fourth-order valence-corrected chi connectivity index (χ4v) is 2.64. The van der Waals surface area contributed by atoms with Gasteiger partial charge >= 0.3 is 24.2 Å². The van der Waals surface area contributed by atoms with Gasteiger partial charge in [0.1, 0.15) is 0 Å². The van der Waals surface area contributed by atoms with E-state index in [2.05, 4.69) is 20.6 Å². The maximum Gasteiger partial charge on any atom is 0.458 e. The Morgan fingerprint density at radius 1 is 1.03 bits per heavy atom. The molecule has 0 aromatic heterocycles. The number of amides is 2. The van der Waals surface area contributed by atoms with Gasteiger partial charge in [0.2, 0.25) is 0 Å². The molecule has 0 radical (unpaired) electrons. The molecule has 0 bridgehead atoms. The largest absolute Gasteiger partial charge is 0.458 e. The maximum absolute atomic E-state index is 12.8. The van der Waals surface area contributed by atoms with Crippen LogP contribution in [0.1, 0.15) is 23.1 Å². The van der Waals surface area contributed by atoms with Gasteiger partial charge in [-0.1, -0.05) is 29.4 Å². The lowest BCUT2D eigenvalue weighted by atomic mass is 10.0. The van der Waals surface area contributed by atoms with E-state index in [1.54, 1.807) is 0 Å². The first kappa shape index (κ1) is 22.4. The first-order chi connectivity index (χ1) is 14.4. The number of rotatable bonds is 4. The lowest BCUT2D eigenvalue weighted by Gasteiger charge is -2.22. The highest BCUT2D eigenvalue weighted by atomic mass is 19.4. The summed E-state index contributed by atoms with van der Waals surface area (Å²) in [5.74, 6) is -3.36. The van der Waals surface area contributed by atoms with E-state index in [1.165, 1.54) is 24.3 Å². The molecule has 2 aromatic carbocycles. The number of oxime groups is 1. The SMILES string of the molecule is O=C(NCc1ccc(C2=NOC(O)(C(F)(F)F)C2)cc1)Nc1ccc(C(F)(F)F)cc1. The number of alkyl halides is 6. The minimum absolute atomic E-state index is 0.0439. The Balaban J connectivity index is 1.52. The first-order valence-electron chi connectivity index (χ1n) is 8.73. The molecule has 1 aliphatic rings. The highest BCUT2D eigenvalue weighted by Crippen LogP contribution is 2.39. The number of hydrogen-bond acceptors (Lipinski definition) is 4. The Morgan fingerprint density at radius 2 is 1.65 bits per heavy atom. The Morgan fingerprint density at radius 3 is 2.16 bits per heavy atom. The fraction of sp³-hybridized carbons (Fsp3) is 0.263. The number of carbonyl (C=O) groups is 1. The Kier molecular flexibility index (Phi) is 5.85. The van der Waals surface area contributed by atoms with Crippen LogP contribution in [0, 0.1) is 0 Å². The summed E-state index contributed by atoms with van der Waals surface area (Å²) in [6, 6.07) is 9.21. The van der Waals surface area contributed by atoms with E-state index in [4.69, 9.17) is 0 Å². The molecule has 0 aliphatic carbocycles. The van der Waals surface area contributed by atoms with Crippen LogP contribution >= 0.6 is 0 Å². The van der Waals surface area contributed by atoms with Crippen molar-refractivity contribution in [3.63, 3.8) is 0 Å². The molecule has 6 nitrogen and oxygen atoms in total. The average Bonchev–Trinajstić information content (AvgIpc) is 3.10. The summed E-state index contributed by atoms with van der Waals surface area (Å²) in [7, 11) is 0. The monoisotopic (exact) mass is 447 g/mol. The number of carbonyl (C=O) groups excluding carboxylic acids is 1. The van der Waals surface area contributed by atoms with Crippen LogP contribution in [-0.4, -0.2) is 28.8 Å². The van der Waals surface area contributed by atoms with Gasteiger partial charge in [-0.25, -0.2) is 4.79 Å². The molecule has 0 fully saturated rings. The molecule has 1 heterocycles. The Labute approximate surface area is 171 Å². The molecule has 1 unspecified atom stereocenters. The zero-order valence-corrected chi connectivity index (χ0v) is 15.5. The summed E-state index contributed by atoms with van der Waals surface area (Å²) in [5, 5.41) is 17.6. The number of urea groups is 1. The smallest absolute Gasteiger partial charge is 0.350 e. The first-order valence-corrected chi connectivity index (χ1v) is 8.73. The number of nitrogens with one attached hydrogen (secondary N) is 2. The summed E-state index contributed by atoms with van der Waals surface area (Å²) in [6.45, 7) is 0.0439. The topological polar surface area (TPSA) is 83.0 Å². The Hall–Kier alpha value is -3.28. The van der Waals surface area contributed by atoms with Crippen molar-refractivity contribution in [3.8, 4) is 0 Å². The zero-order valence-electron chi connectivity index (χ0n) is 15.5. The van der Waals surface area contributed by atoms with Crippen LogP contribution < -0.4 is 10.6 Å². The third-order valence-electron chi connectivity index (χ3n) is 4.37. The molecule has 3 rings (SSSR count). The van der Waals surface area contributed by atoms with Crippen molar-refractivity contribution >= 4 is 17.4 Å². The molecule has 1 atom stereocenters. The van der Waals surface area contributed by atoms with Gasteiger partial charge in [-0.3, -0.25) is 0 Å². The molecule has 2 aromatic rings. The van der Waals surface area contributed by atoms with E-state index in [0.29, 0.717) is 11.1 Å². The number of hydrogen-bond donors (Lipinski definition) is 3. The molecule has 12 heteroatoms. The average molecular weight is 447 g/mol. The van der Waals surface area contributed by atoms with Crippen LogP contribution in [0.2, 0.25) is 0 Å². The van der Waals surface area contributed by atoms with Crippen molar-refractivity contribution in [1.82, 2.24) is 5.32 Å². The molecule has 0 spiro atoms. The van der Waals surface area contributed by atoms with Crippen LogP contribution in [0.5, 0.6) is 0 Å². The van der Waals surface area contributed by atoms with Crippen molar-refractivity contribution in [1.29, 1.82) is 0 Å².